The Morgan fingerprint density at radius 1 is 1.57 bits per heavy atom. The minimum atomic E-state index is -2.83. The molecule has 0 saturated carbocycles. The van der Waals surface area contributed by atoms with E-state index in [4.69, 9.17) is 0 Å². The summed E-state index contributed by atoms with van der Waals surface area (Å²) in [4.78, 5) is 2.24. The van der Waals surface area contributed by atoms with Crippen molar-refractivity contribution in [1.82, 2.24) is 10.2 Å². The minimum Gasteiger partial charge on any atom is -0.314 e. The van der Waals surface area contributed by atoms with Crippen LogP contribution < -0.4 is 5.32 Å². The molecule has 1 fully saturated rings. The van der Waals surface area contributed by atoms with Gasteiger partial charge in [0.25, 0.3) is 0 Å². The predicted molar refractivity (Wildman–Crippen MR) is 57.9 cm³/mol. The molecule has 1 aliphatic heterocycles. The van der Waals surface area contributed by atoms with Gasteiger partial charge in [0.1, 0.15) is 9.84 Å². The molecular weight excluding hydrogens is 200 g/mol. The lowest BCUT2D eigenvalue weighted by atomic mass is 10.1. The lowest BCUT2D eigenvalue weighted by molar-refractivity contribution is 0.174. The maximum atomic E-state index is 11.0. The molecule has 0 aromatic heterocycles. The van der Waals surface area contributed by atoms with Crippen LogP contribution in [0.5, 0.6) is 0 Å². The Hall–Kier alpha value is -0.130. The number of sulfone groups is 1. The third kappa shape index (κ3) is 3.94. The fraction of sp³-hybridized carbons (Fsp3) is 0.889. The lowest BCUT2D eigenvalue weighted by Crippen LogP contribution is -2.51. The zero-order chi connectivity index (χ0) is 10.6. The molecule has 83 valence electrons. The van der Waals surface area contributed by atoms with Crippen LogP contribution in [0, 0.1) is 6.92 Å². The molecule has 14 heavy (non-hydrogen) atoms. The van der Waals surface area contributed by atoms with Gasteiger partial charge >= 0.3 is 0 Å². The highest BCUT2D eigenvalue weighted by Gasteiger charge is 2.21. The van der Waals surface area contributed by atoms with Crippen LogP contribution in [0.4, 0.5) is 0 Å². The molecule has 0 amide bonds. The molecule has 1 unspecified atom stereocenters. The van der Waals surface area contributed by atoms with E-state index in [2.05, 4.69) is 17.1 Å². The second-order valence-electron chi connectivity index (χ2n) is 3.81. The zero-order valence-corrected chi connectivity index (χ0v) is 9.52. The number of hydrogen-bond donors (Lipinski definition) is 1. The molecule has 0 aliphatic carbocycles. The summed E-state index contributed by atoms with van der Waals surface area (Å²) in [6.45, 7) is 7.44. The molecule has 1 heterocycles. The largest absolute Gasteiger partial charge is 0.314 e. The van der Waals surface area contributed by atoms with Gasteiger partial charge in [-0.1, -0.05) is 0 Å². The first-order chi connectivity index (χ1) is 6.53. The number of hydrogen-bond acceptors (Lipinski definition) is 4. The van der Waals surface area contributed by atoms with Gasteiger partial charge in [-0.05, 0) is 19.9 Å². The summed E-state index contributed by atoms with van der Waals surface area (Å²) in [7, 11) is -2.83. The first-order valence-electron chi connectivity index (χ1n) is 4.94. The molecule has 0 bridgehead atoms. The summed E-state index contributed by atoms with van der Waals surface area (Å²) in [6.07, 6.45) is 2.00. The Morgan fingerprint density at radius 3 is 2.86 bits per heavy atom. The summed E-state index contributed by atoms with van der Waals surface area (Å²) >= 11 is 0. The summed E-state index contributed by atoms with van der Waals surface area (Å²) in [6, 6.07) is 0.330. The molecule has 1 rings (SSSR count). The predicted octanol–water partition coefficient (Wildman–Crippen LogP) is -0.471. The Balaban J connectivity index is 2.41. The number of nitrogens with one attached hydrogen (secondary N) is 1. The van der Waals surface area contributed by atoms with Crippen molar-refractivity contribution >= 4 is 9.84 Å². The van der Waals surface area contributed by atoms with Crippen molar-refractivity contribution in [2.24, 2.45) is 0 Å². The fourth-order valence-corrected chi connectivity index (χ4v) is 2.43. The van der Waals surface area contributed by atoms with Gasteiger partial charge < -0.3 is 5.32 Å². The molecule has 0 aromatic rings. The van der Waals surface area contributed by atoms with E-state index in [0.717, 1.165) is 26.2 Å². The smallest absolute Gasteiger partial charge is 0.147 e. The van der Waals surface area contributed by atoms with Crippen molar-refractivity contribution in [3.05, 3.63) is 6.92 Å². The number of rotatable bonds is 4. The Labute approximate surface area is 86.6 Å². The maximum Gasteiger partial charge on any atom is 0.147 e. The van der Waals surface area contributed by atoms with E-state index in [1.165, 1.54) is 6.26 Å². The van der Waals surface area contributed by atoms with Crippen LogP contribution in [0.15, 0.2) is 0 Å². The van der Waals surface area contributed by atoms with E-state index in [9.17, 15) is 8.42 Å². The SMILES string of the molecule is [CH2]CN1CCNCC1CCS(C)(=O)=O. The summed E-state index contributed by atoms with van der Waals surface area (Å²) in [5.74, 6) is 0.274. The highest BCUT2D eigenvalue weighted by molar-refractivity contribution is 7.90. The van der Waals surface area contributed by atoms with Crippen molar-refractivity contribution in [3.8, 4) is 0 Å². The van der Waals surface area contributed by atoms with E-state index in [1.54, 1.807) is 0 Å². The van der Waals surface area contributed by atoms with Crippen molar-refractivity contribution in [3.63, 3.8) is 0 Å². The lowest BCUT2D eigenvalue weighted by Gasteiger charge is -2.35. The van der Waals surface area contributed by atoms with Crippen molar-refractivity contribution in [1.29, 1.82) is 0 Å². The van der Waals surface area contributed by atoms with Crippen LogP contribution in [0.3, 0.4) is 0 Å². The van der Waals surface area contributed by atoms with Gasteiger partial charge in [0.2, 0.25) is 0 Å². The minimum absolute atomic E-state index is 0.274. The quantitative estimate of drug-likeness (QED) is 0.694. The van der Waals surface area contributed by atoms with Crippen molar-refractivity contribution < 1.29 is 8.42 Å². The molecule has 1 atom stereocenters. The first-order valence-corrected chi connectivity index (χ1v) is 7.01. The average molecular weight is 219 g/mol. The molecule has 4 nitrogen and oxygen atoms in total. The van der Waals surface area contributed by atoms with E-state index >= 15 is 0 Å². The van der Waals surface area contributed by atoms with Crippen molar-refractivity contribution in [2.45, 2.75) is 12.5 Å². The molecule has 5 heteroatoms. The Kier molecular flexibility index (Phi) is 4.34. The molecule has 0 aromatic carbocycles. The monoisotopic (exact) mass is 219 g/mol. The van der Waals surface area contributed by atoms with Crippen LogP contribution in [-0.4, -0.2) is 57.5 Å². The van der Waals surface area contributed by atoms with Gasteiger partial charge in [0.05, 0.1) is 5.75 Å². The second kappa shape index (κ2) is 5.09. The Bertz CT molecular complexity index is 264. The molecule has 0 spiro atoms. The maximum absolute atomic E-state index is 11.0. The van der Waals surface area contributed by atoms with Crippen LogP contribution in [0.25, 0.3) is 0 Å². The van der Waals surface area contributed by atoms with Gasteiger partial charge in [-0.15, -0.1) is 0 Å². The van der Waals surface area contributed by atoms with Crippen LogP contribution in [0.2, 0.25) is 0 Å². The van der Waals surface area contributed by atoms with Crippen LogP contribution >= 0.6 is 0 Å². The zero-order valence-electron chi connectivity index (χ0n) is 8.70. The third-order valence-corrected chi connectivity index (χ3v) is 3.56. The molecule has 1 saturated heterocycles. The molecule has 1 N–H and O–H groups in total. The third-order valence-electron chi connectivity index (χ3n) is 2.58. The van der Waals surface area contributed by atoms with Crippen LogP contribution in [-0.2, 0) is 9.84 Å². The van der Waals surface area contributed by atoms with E-state index in [0.29, 0.717) is 12.5 Å². The van der Waals surface area contributed by atoms with Gasteiger partial charge in [0.15, 0.2) is 0 Å². The average Bonchev–Trinajstić information content (AvgIpc) is 2.14. The molecule has 1 radical (unpaired) electrons. The highest BCUT2D eigenvalue weighted by atomic mass is 32.2. The standard InChI is InChI=1S/C9H19N2O2S/c1-3-11-6-5-10-8-9(11)4-7-14(2,12)13/h9-10H,1,3-8H2,2H3. The van der Waals surface area contributed by atoms with E-state index < -0.39 is 9.84 Å². The molecular formula is C9H19N2O2S. The molecule has 1 aliphatic rings. The fourth-order valence-electron chi connectivity index (χ4n) is 1.73. The number of piperazine rings is 1. The van der Waals surface area contributed by atoms with Gasteiger partial charge in [-0.25, -0.2) is 8.42 Å². The second-order valence-corrected chi connectivity index (χ2v) is 6.07. The van der Waals surface area contributed by atoms with E-state index in [-0.39, 0.29) is 5.75 Å². The van der Waals surface area contributed by atoms with Crippen LogP contribution in [0.1, 0.15) is 6.42 Å². The summed E-state index contributed by atoms with van der Waals surface area (Å²) < 4.78 is 22.0. The van der Waals surface area contributed by atoms with E-state index in [1.807, 2.05) is 0 Å². The highest BCUT2D eigenvalue weighted by Crippen LogP contribution is 2.07. The van der Waals surface area contributed by atoms with Crippen molar-refractivity contribution in [2.75, 3.05) is 38.2 Å². The normalized spacial score (nSPS) is 25.1. The Morgan fingerprint density at radius 2 is 2.29 bits per heavy atom. The summed E-state index contributed by atoms with van der Waals surface area (Å²) in [5.41, 5.74) is 0. The first kappa shape index (κ1) is 11.9. The van der Waals surface area contributed by atoms with Gasteiger partial charge in [0, 0.05) is 31.9 Å². The van der Waals surface area contributed by atoms with Gasteiger partial charge in [-0.3, -0.25) is 4.90 Å². The van der Waals surface area contributed by atoms with Gasteiger partial charge in [-0.2, -0.15) is 0 Å². The summed E-state index contributed by atoms with van der Waals surface area (Å²) in [5, 5.41) is 3.27. The topological polar surface area (TPSA) is 49.4 Å². The number of nitrogens with zero attached hydrogens (tertiary/aromatic N) is 1.